The molecule has 5 rings (SSSR count). The minimum atomic E-state index is -0.391. The lowest BCUT2D eigenvalue weighted by Gasteiger charge is -2.07. The molecule has 1 heterocycles. The van der Waals surface area contributed by atoms with Gasteiger partial charge in [0.2, 0.25) is 0 Å². The Morgan fingerprint density at radius 2 is 1.64 bits per heavy atom. The Labute approximate surface area is 203 Å². The molecule has 0 aliphatic carbocycles. The molecule has 1 amide bonds. The third kappa shape index (κ3) is 4.53. The van der Waals surface area contributed by atoms with E-state index in [0.29, 0.717) is 16.0 Å². The van der Waals surface area contributed by atoms with Crippen LogP contribution in [0.3, 0.4) is 0 Å². The SMILES string of the molecule is O=C(NN=Cc1c2ccccc2cc2ccccc12)c1nn(Cc2ccc(Cl)cc2)cc1Br. The quantitative estimate of drug-likeness (QED) is 0.166. The lowest BCUT2D eigenvalue weighted by atomic mass is 9.97. The summed E-state index contributed by atoms with van der Waals surface area (Å²) in [7, 11) is 0. The molecule has 162 valence electrons. The molecule has 0 aliphatic rings. The Balaban J connectivity index is 1.38. The number of carbonyl (C=O) groups is 1. The van der Waals surface area contributed by atoms with Gasteiger partial charge in [0, 0.05) is 16.8 Å². The van der Waals surface area contributed by atoms with Crippen LogP contribution in [0.5, 0.6) is 0 Å². The molecule has 0 atom stereocenters. The minimum absolute atomic E-state index is 0.267. The maximum absolute atomic E-state index is 12.7. The monoisotopic (exact) mass is 516 g/mol. The van der Waals surface area contributed by atoms with Gasteiger partial charge >= 0.3 is 0 Å². The number of hydrogen-bond acceptors (Lipinski definition) is 3. The van der Waals surface area contributed by atoms with Gasteiger partial charge in [-0.2, -0.15) is 10.2 Å². The molecule has 0 fully saturated rings. The molecule has 33 heavy (non-hydrogen) atoms. The molecule has 1 N–H and O–H groups in total. The first kappa shape index (κ1) is 21.4. The van der Waals surface area contributed by atoms with E-state index in [4.69, 9.17) is 11.6 Å². The van der Waals surface area contributed by atoms with Crippen molar-refractivity contribution < 1.29 is 4.79 Å². The van der Waals surface area contributed by atoms with E-state index in [1.54, 1.807) is 17.1 Å². The van der Waals surface area contributed by atoms with E-state index in [9.17, 15) is 4.79 Å². The van der Waals surface area contributed by atoms with Gasteiger partial charge in [-0.25, -0.2) is 5.43 Å². The van der Waals surface area contributed by atoms with E-state index in [1.165, 1.54) is 0 Å². The number of fused-ring (bicyclic) bond motifs is 2. The van der Waals surface area contributed by atoms with E-state index in [1.807, 2.05) is 48.5 Å². The predicted octanol–water partition coefficient (Wildman–Crippen LogP) is 6.42. The zero-order valence-electron chi connectivity index (χ0n) is 17.4. The maximum atomic E-state index is 12.7. The topological polar surface area (TPSA) is 59.3 Å². The standard InChI is InChI=1S/C26H18BrClN4O/c27-24-16-32(15-17-9-11-20(28)12-10-17)31-25(24)26(33)30-29-14-23-21-7-3-1-5-18(21)13-19-6-2-4-8-22(19)23/h1-14,16H,15H2,(H,30,33). The Morgan fingerprint density at radius 1 is 1.00 bits per heavy atom. The van der Waals surface area contributed by atoms with Gasteiger partial charge in [-0.1, -0.05) is 72.3 Å². The number of rotatable bonds is 5. The average molecular weight is 518 g/mol. The summed E-state index contributed by atoms with van der Waals surface area (Å²) in [6.07, 6.45) is 3.46. The molecule has 5 nitrogen and oxygen atoms in total. The first-order chi connectivity index (χ1) is 16.1. The molecular formula is C26H18BrClN4O. The molecule has 4 aromatic carbocycles. The third-order valence-electron chi connectivity index (χ3n) is 5.36. The van der Waals surface area contributed by atoms with Crippen LogP contribution in [0.15, 0.2) is 94.6 Å². The van der Waals surface area contributed by atoms with Crippen LogP contribution in [0.1, 0.15) is 21.6 Å². The number of aromatic nitrogens is 2. The van der Waals surface area contributed by atoms with E-state index >= 15 is 0 Å². The second-order valence-corrected chi connectivity index (χ2v) is 8.87. The fourth-order valence-corrected chi connectivity index (χ4v) is 4.43. The van der Waals surface area contributed by atoms with E-state index < -0.39 is 5.91 Å². The van der Waals surface area contributed by atoms with Crippen LogP contribution in [0.2, 0.25) is 5.02 Å². The highest BCUT2D eigenvalue weighted by Crippen LogP contribution is 2.27. The van der Waals surface area contributed by atoms with Crippen molar-refractivity contribution >= 4 is 61.2 Å². The zero-order chi connectivity index (χ0) is 22.8. The number of amides is 1. The molecule has 0 bridgehead atoms. The lowest BCUT2D eigenvalue weighted by molar-refractivity contribution is 0.0948. The van der Waals surface area contributed by atoms with E-state index in [-0.39, 0.29) is 5.69 Å². The number of nitrogens with zero attached hydrogens (tertiary/aromatic N) is 3. The Bertz CT molecular complexity index is 1450. The highest BCUT2D eigenvalue weighted by Gasteiger charge is 2.15. The van der Waals surface area contributed by atoms with E-state index in [2.05, 4.69) is 61.9 Å². The van der Waals surface area contributed by atoms with Crippen LogP contribution >= 0.6 is 27.5 Å². The summed E-state index contributed by atoms with van der Waals surface area (Å²) in [5, 5.41) is 13.7. The van der Waals surface area contributed by atoms with Crippen molar-refractivity contribution in [2.75, 3.05) is 0 Å². The number of benzene rings is 4. The van der Waals surface area contributed by atoms with Gasteiger partial charge in [-0.15, -0.1) is 0 Å². The summed E-state index contributed by atoms with van der Waals surface area (Å²) in [4.78, 5) is 12.7. The van der Waals surface area contributed by atoms with Crippen molar-refractivity contribution in [1.82, 2.24) is 15.2 Å². The second kappa shape index (κ2) is 9.17. The first-order valence-electron chi connectivity index (χ1n) is 10.3. The third-order valence-corrected chi connectivity index (χ3v) is 6.19. The zero-order valence-corrected chi connectivity index (χ0v) is 19.7. The molecule has 0 radical (unpaired) electrons. The number of halogens is 2. The number of nitrogens with one attached hydrogen (secondary N) is 1. The molecule has 5 aromatic rings. The van der Waals surface area contributed by atoms with Crippen LogP contribution in [0.25, 0.3) is 21.5 Å². The van der Waals surface area contributed by atoms with Crippen molar-refractivity contribution in [3.8, 4) is 0 Å². The Kier molecular flexibility index (Phi) is 5.94. The Morgan fingerprint density at radius 3 is 2.30 bits per heavy atom. The summed E-state index contributed by atoms with van der Waals surface area (Å²) in [5.74, 6) is -0.391. The fraction of sp³-hybridized carbons (Fsp3) is 0.0385. The van der Waals surface area contributed by atoms with Crippen LogP contribution in [0.4, 0.5) is 0 Å². The molecule has 0 aliphatic heterocycles. The average Bonchev–Trinajstić information content (AvgIpc) is 3.20. The normalized spacial score (nSPS) is 11.5. The number of hydrazone groups is 1. The summed E-state index contributed by atoms with van der Waals surface area (Å²) >= 11 is 9.37. The highest BCUT2D eigenvalue weighted by atomic mass is 79.9. The van der Waals surface area contributed by atoms with Gasteiger partial charge in [-0.05, 0) is 61.2 Å². The van der Waals surface area contributed by atoms with Crippen molar-refractivity contribution in [3.05, 3.63) is 111 Å². The fourth-order valence-electron chi connectivity index (χ4n) is 3.81. The minimum Gasteiger partial charge on any atom is -0.266 e. The molecule has 7 heteroatoms. The van der Waals surface area contributed by atoms with Crippen molar-refractivity contribution in [2.45, 2.75) is 6.54 Å². The first-order valence-corrected chi connectivity index (χ1v) is 11.5. The van der Waals surface area contributed by atoms with Crippen LogP contribution in [-0.4, -0.2) is 21.9 Å². The number of hydrogen-bond donors (Lipinski definition) is 1. The molecule has 1 aromatic heterocycles. The molecule has 0 unspecified atom stereocenters. The van der Waals surface area contributed by atoms with Crippen LogP contribution in [0, 0.1) is 0 Å². The number of carbonyl (C=O) groups excluding carboxylic acids is 1. The van der Waals surface area contributed by atoms with Gasteiger partial charge in [0.15, 0.2) is 5.69 Å². The van der Waals surface area contributed by atoms with Crippen molar-refractivity contribution in [1.29, 1.82) is 0 Å². The van der Waals surface area contributed by atoms with Gasteiger partial charge in [0.05, 0.1) is 17.2 Å². The predicted molar refractivity (Wildman–Crippen MR) is 137 cm³/mol. The summed E-state index contributed by atoms with van der Waals surface area (Å²) in [5.41, 5.74) is 4.86. The summed E-state index contributed by atoms with van der Waals surface area (Å²) < 4.78 is 2.30. The maximum Gasteiger partial charge on any atom is 0.293 e. The second-order valence-electron chi connectivity index (χ2n) is 7.58. The van der Waals surface area contributed by atoms with Crippen molar-refractivity contribution in [3.63, 3.8) is 0 Å². The van der Waals surface area contributed by atoms with Gasteiger partial charge in [0.25, 0.3) is 5.91 Å². The van der Waals surface area contributed by atoms with Gasteiger partial charge < -0.3 is 0 Å². The van der Waals surface area contributed by atoms with Crippen LogP contribution < -0.4 is 5.43 Å². The van der Waals surface area contributed by atoms with Crippen LogP contribution in [-0.2, 0) is 6.54 Å². The Hall–Kier alpha value is -3.48. The smallest absolute Gasteiger partial charge is 0.266 e. The largest absolute Gasteiger partial charge is 0.293 e. The van der Waals surface area contributed by atoms with Crippen molar-refractivity contribution in [2.24, 2.45) is 5.10 Å². The van der Waals surface area contributed by atoms with E-state index in [0.717, 1.165) is 32.7 Å². The summed E-state index contributed by atoms with van der Waals surface area (Å²) in [6.45, 7) is 0.522. The highest BCUT2D eigenvalue weighted by molar-refractivity contribution is 9.10. The van der Waals surface area contributed by atoms with Gasteiger partial charge in [-0.3, -0.25) is 9.48 Å². The molecule has 0 spiro atoms. The molecular weight excluding hydrogens is 500 g/mol. The molecule has 0 saturated heterocycles. The molecule has 0 saturated carbocycles. The lowest BCUT2D eigenvalue weighted by Crippen LogP contribution is -2.19. The summed E-state index contributed by atoms with van der Waals surface area (Å²) in [6, 6.07) is 25.9. The van der Waals surface area contributed by atoms with Gasteiger partial charge in [0.1, 0.15) is 0 Å².